The normalized spacial score (nSPS) is 19.4. The Morgan fingerprint density at radius 2 is 2.14 bits per heavy atom. The van der Waals surface area contributed by atoms with Crippen LogP contribution in [0.3, 0.4) is 0 Å². The first-order valence-electron chi connectivity index (χ1n) is 5.16. The van der Waals surface area contributed by atoms with Gasteiger partial charge in [-0.25, -0.2) is 0 Å². The molecule has 0 unspecified atom stereocenters. The van der Waals surface area contributed by atoms with Gasteiger partial charge in [0.25, 0.3) is 0 Å². The van der Waals surface area contributed by atoms with Gasteiger partial charge < -0.3 is 9.64 Å². The fourth-order valence-corrected chi connectivity index (χ4v) is 1.61. The van der Waals surface area contributed by atoms with Gasteiger partial charge in [0.1, 0.15) is 0 Å². The molecule has 1 heterocycles. The minimum Gasteiger partial charge on any atom is -0.383 e. The third-order valence-electron chi connectivity index (χ3n) is 2.64. The van der Waals surface area contributed by atoms with Crippen LogP contribution in [-0.4, -0.2) is 61.6 Å². The fourth-order valence-electron chi connectivity index (χ4n) is 1.61. The van der Waals surface area contributed by atoms with Crippen molar-refractivity contribution >= 4 is 5.91 Å². The predicted molar refractivity (Wildman–Crippen MR) is 55.2 cm³/mol. The van der Waals surface area contributed by atoms with Crippen LogP contribution < -0.4 is 0 Å². The molecule has 0 atom stereocenters. The summed E-state index contributed by atoms with van der Waals surface area (Å²) in [5.41, 5.74) is 0. The molecule has 1 aliphatic heterocycles. The van der Waals surface area contributed by atoms with Crippen molar-refractivity contribution in [3.8, 4) is 0 Å². The molecule has 1 saturated heterocycles. The van der Waals surface area contributed by atoms with Crippen molar-refractivity contribution in [1.29, 1.82) is 0 Å². The molecule has 0 aromatic heterocycles. The number of carbonyl (C=O) groups excluding carboxylic acids is 1. The molecule has 0 N–H and O–H groups in total. The summed E-state index contributed by atoms with van der Waals surface area (Å²) in [7, 11) is 1.66. The number of ether oxygens (including phenoxy) is 1. The molecule has 1 rings (SSSR count). The predicted octanol–water partition coefficient (Wildman–Crippen LogP) is 0.185. The van der Waals surface area contributed by atoms with E-state index in [0.29, 0.717) is 19.2 Å². The lowest BCUT2D eigenvalue weighted by molar-refractivity contribution is -0.137. The van der Waals surface area contributed by atoms with Gasteiger partial charge in [0.05, 0.1) is 13.2 Å². The molecular weight excluding hydrogens is 180 g/mol. The van der Waals surface area contributed by atoms with E-state index in [1.807, 2.05) is 4.90 Å². The number of amides is 1. The fraction of sp³-hybridized carbons (Fsp3) is 0.900. The molecule has 14 heavy (non-hydrogen) atoms. The van der Waals surface area contributed by atoms with Crippen LogP contribution in [0.25, 0.3) is 0 Å². The van der Waals surface area contributed by atoms with Gasteiger partial charge in [0.15, 0.2) is 0 Å². The van der Waals surface area contributed by atoms with Crippen molar-refractivity contribution in [2.75, 3.05) is 39.9 Å². The molecule has 4 nitrogen and oxygen atoms in total. The Balaban J connectivity index is 2.36. The minimum absolute atomic E-state index is 0.224. The molecule has 0 bridgehead atoms. The molecule has 1 fully saturated rings. The molecule has 0 saturated carbocycles. The average Bonchev–Trinajstić information content (AvgIpc) is 2.15. The summed E-state index contributed by atoms with van der Waals surface area (Å²) in [6.45, 7) is 7.97. The number of carbonyl (C=O) groups is 1. The van der Waals surface area contributed by atoms with Crippen molar-refractivity contribution in [3.63, 3.8) is 0 Å². The molecular formula is C10H20N2O2. The quantitative estimate of drug-likeness (QED) is 0.649. The Labute approximate surface area is 85.8 Å². The first-order chi connectivity index (χ1) is 6.65. The molecule has 1 amide bonds. The summed E-state index contributed by atoms with van der Waals surface area (Å²) in [6, 6.07) is 0.462. The van der Waals surface area contributed by atoms with Crippen LogP contribution in [0.5, 0.6) is 0 Å². The highest BCUT2D eigenvalue weighted by atomic mass is 16.5. The molecule has 82 valence electrons. The van der Waals surface area contributed by atoms with E-state index < -0.39 is 0 Å². The first-order valence-corrected chi connectivity index (χ1v) is 5.16. The number of piperazine rings is 1. The summed E-state index contributed by atoms with van der Waals surface area (Å²) in [5, 5.41) is 0. The maximum absolute atomic E-state index is 11.6. The molecule has 0 aromatic rings. The second kappa shape index (κ2) is 5.32. The maximum atomic E-state index is 11.6. The van der Waals surface area contributed by atoms with Gasteiger partial charge in [0.2, 0.25) is 5.91 Å². The van der Waals surface area contributed by atoms with Crippen LogP contribution in [0.1, 0.15) is 13.8 Å². The number of hydrogen-bond acceptors (Lipinski definition) is 3. The van der Waals surface area contributed by atoms with Gasteiger partial charge in [-0.3, -0.25) is 9.69 Å². The number of hydrogen-bond donors (Lipinski definition) is 0. The number of nitrogens with zero attached hydrogens (tertiary/aromatic N) is 2. The second-order valence-electron chi connectivity index (χ2n) is 3.94. The zero-order valence-corrected chi connectivity index (χ0v) is 9.32. The highest BCUT2D eigenvalue weighted by Crippen LogP contribution is 2.06. The topological polar surface area (TPSA) is 32.8 Å². The van der Waals surface area contributed by atoms with Crippen molar-refractivity contribution in [2.24, 2.45) is 0 Å². The van der Waals surface area contributed by atoms with E-state index in [2.05, 4.69) is 18.7 Å². The van der Waals surface area contributed by atoms with Gasteiger partial charge >= 0.3 is 0 Å². The van der Waals surface area contributed by atoms with E-state index in [-0.39, 0.29) is 5.91 Å². The van der Waals surface area contributed by atoms with Crippen molar-refractivity contribution in [3.05, 3.63) is 0 Å². The van der Waals surface area contributed by atoms with E-state index in [1.54, 1.807) is 7.11 Å². The maximum Gasteiger partial charge on any atom is 0.236 e. The van der Waals surface area contributed by atoms with E-state index in [4.69, 9.17) is 4.74 Å². The Morgan fingerprint density at radius 3 is 2.64 bits per heavy atom. The standard InChI is InChI=1S/C10H20N2O2/c1-9(2)12-5-4-11(6-7-14-3)10(13)8-12/h9H,4-8H2,1-3H3. The summed E-state index contributed by atoms with van der Waals surface area (Å²) in [4.78, 5) is 15.7. The zero-order valence-electron chi connectivity index (χ0n) is 9.32. The summed E-state index contributed by atoms with van der Waals surface area (Å²) in [6.07, 6.45) is 0. The van der Waals surface area contributed by atoms with Crippen molar-refractivity contribution in [1.82, 2.24) is 9.80 Å². The van der Waals surface area contributed by atoms with Crippen LogP contribution >= 0.6 is 0 Å². The van der Waals surface area contributed by atoms with E-state index >= 15 is 0 Å². The first kappa shape index (κ1) is 11.5. The summed E-state index contributed by atoms with van der Waals surface area (Å²) in [5.74, 6) is 0.224. The Bertz CT molecular complexity index is 195. The Morgan fingerprint density at radius 1 is 1.43 bits per heavy atom. The molecule has 0 radical (unpaired) electrons. The largest absolute Gasteiger partial charge is 0.383 e. The van der Waals surface area contributed by atoms with Crippen LogP contribution in [-0.2, 0) is 9.53 Å². The molecule has 1 aliphatic rings. The smallest absolute Gasteiger partial charge is 0.236 e. The Hall–Kier alpha value is -0.610. The molecule has 0 aromatic carbocycles. The summed E-state index contributed by atoms with van der Waals surface area (Å²) < 4.78 is 4.96. The van der Waals surface area contributed by atoms with E-state index in [0.717, 1.165) is 19.6 Å². The van der Waals surface area contributed by atoms with Crippen molar-refractivity contribution < 1.29 is 9.53 Å². The number of methoxy groups -OCH3 is 1. The number of rotatable bonds is 4. The van der Waals surface area contributed by atoms with Gasteiger partial charge in [0, 0.05) is 32.8 Å². The third kappa shape index (κ3) is 2.96. The molecule has 0 aliphatic carbocycles. The molecule has 4 heteroatoms. The highest BCUT2D eigenvalue weighted by Gasteiger charge is 2.24. The van der Waals surface area contributed by atoms with Gasteiger partial charge in [-0.05, 0) is 13.8 Å². The SMILES string of the molecule is COCCN1CCN(C(C)C)CC1=O. The van der Waals surface area contributed by atoms with Crippen LogP contribution in [0.4, 0.5) is 0 Å². The van der Waals surface area contributed by atoms with Crippen LogP contribution in [0.15, 0.2) is 0 Å². The lowest BCUT2D eigenvalue weighted by Crippen LogP contribution is -2.52. The third-order valence-corrected chi connectivity index (χ3v) is 2.64. The summed E-state index contributed by atoms with van der Waals surface area (Å²) >= 11 is 0. The second-order valence-corrected chi connectivity index (χ2v) is 3.94. The monoisotopic (exact) mass is 200 g/mol. The van der Waals surface area contributed by atoms with E-state index in [1.165, 1.54) is 0 Å². The van der Waals surface area contributed by atoms with Gasteiger partial charge in [-0.2, -0.15) is 0 Å². The molecule has 0 spiro atoms. The van der Waals surface area contributed by atoms with Crippen LogP contribution in [0.2, 0.25) is 0 Å². The average molecular weight is 200 g/mol. The highest BCUT2D eigenvalue weighted by molar-refractivity contribution is 5.79. The Kier molecular flexibility index (Phi) is 4.35. The van der Waals surface area contributed by atoms with E-state index in [9.17, 15) is 4.79 Å². The van der Waals surface area contributed by atoms with Gasteiger partial charge in [-0.15, -0.1) is 0 Å². The van der Waals surface area contributed by atoms with Gasteiger partial charge in [-0.1, -0.05) is 0 Å². The minimum atomic E-state index is 0.224. The zero-order chi connectivity index (χ0) is 10.6. The lowest BCUT2D eigenvalue weighted by Gasteiger charge is -2.36. The van der Waals surface area contributed by atoms with Crippen molar-refractivity contribution in [2.45, 2.75) is 19.9 Å². The van der Waals surface area contributed by atoms with Crippen LogP contribution in [0, 0.1) is 0 Å². The lowest BCUT2D eigenvalue weighted by atomic mass is 10.2.